The van der Waals surface area contributed by atoms with Gasteiger partial charge in [0.2, 0.25) is 5.95 Å². The summed E-state index contributed by atoms with van der Waals surface area (Å²) in [6.45, 7) is 1.68. The monoisotopic (exact) mass is 295 g/mol. The largest absolute Gasteiger partial charge is 0.336 e. The van der Waals surface area contributed by atoms with Crippen molar-refractivity contribution >= 4 is 11.9 Å². The number of hydrogen-bond donors (Lipinski definition) is 0. The molecule has 0 aliphatic carbocycles. The highest BCUT2D eigenvalue weighted by Crippen LogP contribution is 2.34. The van der Waals surface area contributed by atoms with Crippen LogP contribution in [0, 0.1) is 0 Å². The van der Waals surface area contributed by atoms with Crippen molar-refractivity contribution in [1.82, 2.24) is 19.9 Å². The van der Waals surface area contributed by atoms with Crippen molar-refractivity contribution in [2.45, 2.75) is 24.9 Å². The number of carbonyl (C=O) groups excluding carboxylic acids is 1. The van der Waals surface area contributed by atoms with Crippen molar-refractivity contribution in [1.29, 1.82) is 0 Å². The second kappa shape index (κ2) is 5.36. The molecule has 2 atom stereocenters. The average molecular weight is 295 g/mol. The predicted molar refractivity (Wildman–Crippen MR) is 81.5 cm³/mol. The molecule has 0 saturated carbocycles. The van der Waals surface area contributed by atoms with Crippen LogP contribution in [0.5, 0.6) is 0 Å². The van der Waals surface area contributed by atoms with E-state index in [0.717, 1.165) is 31.9 Å². The van der Waals surface area contributed by atoms with Gasteiger partial charge in [0.05, 0.1) is 17.6 Å². The van der Waals surface area contributed by atoms with Gasteiger partial charge >= 0.3 is 0 Å². The van der Waals surface area contributed by atoms with Crippen LogP contribution in [0.3, 0.4) is 0 Å². The van der Waals surface area contributed by atoms with Gasteiger partial charge in [-0.2, -0.15) is 0 Å². The number of hydrogen-bond acceptors (Lipinski definition) is 5. The Morgan fingerprint density at radius 2 is 1.86 bits per heavy atom. The topological polar surface area (TPSA) is 62.2 Å². The highest BCUT2D eigenvalue weighted by Gasteiger charge is 2.45. The average Bonchev–Trinajstić information content (AvgIpc) is 3.17. The van der Waals surface area contributed by atoms with Crippen LogP contribution < -0.4 is 4.90 Å². The number of amides is 1. The summed E-state index contributed by atoms with van der Waals surface area (Å²) < 4.78 is 0. The van der Waals surface area contributed by atoms with Gasteiger partial charge in [0.15, 0.2) is 0 Å². The predicted octanol–water partition coefficient (Wildman–Crippen LogP) is 1.36. The minimum Gasteiger partial charge on any atom is -0.336 e. The van der Waals surface area contributed by atoms with Crippen LogP contribution in [-0.4, -0.2) is 50.9 Å². The third-order valence-electron chi connectivity index (χ3n) is 4.55. The van der Waals surface area contributed by atoms with E-state index in [-0.39, 0.29) is 11.9 Å². The molecule has 0 spiro atoms. The molecule has 0 N–H and O–H groups in total. The van der Waals surface area contributed by atoms with Gasteiger partial charge < -0.3 is 9.80 Å². The first kappa shape index (κ1) is 13.2. The molecule has 22 heavy (non-hydrogen) atoms. The van der Waals surface area contributed by atoms with Gasteiger partial charge in [0, 0.05) is 37.9 Å². The van der Waals surface area contributed by atoms with Crippen molar-refractivity contribution in [2.24, 2.45) is 0 Å². The van der Waals surface area contributed by atoms with E-state index in [1.54, 1.807) is 30.9 Å². The Hall–Kier alpha value is -2.50. The minimum absolute atomic E-state index is 0.0800. The number of anilines is 1. The highest BCUT2D eigenvalue weighted by molar-refractivity contribution is 5.94. The van der Waals surface area contributed by atoms with E-state index in [9.17, 15) is 4.79 Å². The van der Waals surface area contributed by atoms with E-state index >= 15 is 0 Å². The number of carbonyl (C=O) groups is 1. The fourth-order valence-electron chi connectivity index (χ4n) is 3.58. The number of pyridine rings is 1. The Labute approximate surface area is 128 Å². The first-order chi connectivity index (χ1) is 10.8. The van der Waals surface area contributed by atoms with Crippen LogP contribution in [0.2, 0.25) is 0 Å². The molecule has 0 radical (unpaired) electrons. The fraction of sp³-hybridized carbons (Fsp3) is 0.375. The highest BCUT2D eigenvalue weighted by atomic mass is 16.2. The van der Waals surface area contributed by atoms with E-state index in [2.05, 4.69) is 19.9 Å². The van der Waals surface area contributed by atoms with Crippen LogP contribution in [0.4, 0.5) is 5.95 Å². The van der Waals surface area contributed by atoms with Crippen LogP contribution in [0.1, 0.15) is 23.2 Å². The van der Waals surface area contributed by atoms with Crippen molar-refractivity contribution in [2.75, 3.05) is 18.0 Å². The molecule has 4 rings (SSSR count). The van der Waals surface area contributed by atoms with Crippen molar-refractivity contribution in [3.05, 3.63) is 48.5 Å². The summed E-state index contributed by atoms with van der Waals surface area (Å²) in [4.78, 5) is 29.6. The van der Waals surface area contributed by atoms with Gasteiger partial charge in [-0.25, -0.2) is 9.97 Å². The van der Waals surface area contributed by atoms with E-state index in [1.165, 1.54) is 0 Å². The lowest BCUT2D eigenvalue weighted by Gasteiger charge is -2.25. The molecular formula is C16H17N5O. The molecule has 6 heteroatoms. The first-order valence-electron chi connectivity index (χ1n) is 7.59. The summed E-state index contributed by atoms with van der Waals surface area (Å²) in [6, 6.07) is 6.03. The third-order valence-corrected chi connectivity index (χ3v) is 4.55. The molecule has 0 unspecified atom stereocenters. The standard InChI is InChI=1S/C16H17N5O/c22-15(12-3-1-6-17-11-12)20-9-4-14-13(20)5-10-21(14)16-18-7-2-8-19-16/h1-3,6-8,11,13-14H,4-5,9-10H2/t13-,14+/m0/s1. The van der Waals surface area contributed by atoms with E-state index in [4.69, 9.17) is 0 Å². The lowest BCUT2D eigenvalue weighted by molar-refractivity contribution is 0.0737. The maximum absolute atomic E-state index is 12.7. The van der Waals surface area contributed by atoms with Gasteiger partial charge in [-0.05, 0) is 31.0 Å². The fourth-order valence-corrected chi connectivity index (χ4v) is 3.58. The van der Waals surface area contributed by atoms with Gasteiger partial charge in [-0.15, -0.1) is 0 Å². The number of nitrogens with zero attached hydrogens (tertiary/aromatic N) is 5. The molecule has 2 aliphatic heterocycles. The smallest absolute Gasteiger partial charge is 0.255 e. The Bertz CT molecular complexity index is 663. The second-order valence-corrected chi connectivity index (χ2v) is 5.69. The number of aromatic nitrogens is 3. The van der Waals surface area contributed by atoms with Gasteiger partial charge in [-0.3, -0.25) is 9.78 Å². The molecular weight excluding hydrogens is 278 g/mol. The molecule has 1 amide bonds. The molecule has 6 nitrogen and oxygen atoms in total. The van der Waals surface area contributed by atoms with Gasteiger partial charge in [0.25, 0.3) is 5.91 Å². The summed E-state index contributed by atoms with van der Waals surface area (Å²) in [5, 5.41) is 0. The molecule has 2 saturated heterocycles. The Balaban J connectivity index is 1.55. The van der Waals surface area contributed by atoms with E-state index in [1.807, 2.05) is 17.0 Å². The van der Waals surface area contributed by atoms with E-state index < -0.39 is 0 Å². The Morgan fingerprint density at radius 1 is 1.05 bits per heavy atom. The maximum atomic E-state index is 12.7. The van der Waals surface area contributed by atoms with Gasteiger partial charge in [0.1, 0.15) is 0 Å². The third kappa shape index (κ3) is 2.11. The maximum Gasteiger partial charge on any atom is 0.255 e. The zero-order chi connectivity index (χ0) is 14.9. The summed E-state index contributed by atoms with van der Waals surface area (Å²) in [5.74, 6) is 0.849. The van der Waals surface area contributed by atoms with Crippen molar-refractivity contribution in [3.8, 4) is 0 Å². The molecule has 2 fully saturated rings. The van der Waals surface area contributed by atoms with Crippen LogP contribution in [0.15, 0.2) is 43.0 Å². The lowest BCUT2D eigenvalue weighted by atomic mass is 10.1. The summed E-state index contributed by atoms with van der Waals surface area (Å²) in [5.41, 5.74) is 0.664. The van der Waals surface area contributed by atoms with Crippen molar-refractivity contribution < 1.29 is 4.79 Å². The molecule has 2 aromatic heterocycles. The van der Waals surface area contributed by atoms with E-state index in [0.29, 0.717) is 11.6 Å². The molecule has 0 aromatic carbocycles. The zero-order valence-electron chi connectivity index (χ0n) is 12.2. The molecule has 4 heterocycles. The van der Waals surface area contributed by atoms with Crippen LogP contribution in [-0.2, 0) is 0 Å². The minimum atomic E-state index is 0.0800. The molecule has 2 aromatic rings. The number of likely N-dealkylation sites (tertiary alicyclic amines) is 1. The number of fused-ring (bicyclic) bond motifs is 1. The molecule has 2 aliphatic rings. The normalized spacial score (nSPS) is 23.6. The number of rotatable bonds is 2. The van der Waals surface area contributed by atoms with Gasteiger partial charge in [-0.1, -0.05) is 0 Å². The first-order valence-corrected chi connectivity index (χ1v) is 7.59. The van der Waals surface area contributed by atoms with Crippen LogP contribution in [0.25, 0.3) is 0 Å². The molecule has 112 valence electrons. The summed E-state index contributed by atoms with van der Waals surface area (Å²) in [6.07, 6.45) is 8.80. The zero-order valence-corrected chi connectivity index (χ0v) is 12.2. The summed E-state index contributed by atoms with van der Waals surface area (Å²) >= 11 is 0. The SMILES string of the molecule is O=C(c1cccnc1)N1CC[C@@H]2[C@@H]1CCN2c1ncccn1. The quantitative estimate of drug-likeness (QED) is 0.837. The van der Waals surface area contributed by atoms with Crippen LogP contribution >= 0.6 is 0 Å². The summed E-state index contributed by atoms with van der Waals surface area (Å²) in [7, 11) is 0. The molecule has 0 bridgehead atoms. The van der Waals surface area contributed by atoms with Crippen molar-refractivity contribution in [3.63, 3.8) is 0 Å². The lowest BCUT2D eigenvalue weighted by Crippen LogP contribution is -2.40. The second-order valence-electron chi connectivity index (χ2n) is 5.69. The Kier molecular flexibility index (Phi) is 3.21. The Morgan fingerprint density at radius 3 is 2.64 bits per heavy atom.